The summed E-state index contributed by atoms with van der Waals surface area (Å²) in [4.78, 5) is 38.3. The molecule has 2 aromatic carbocycles. The summed E-state index contributed by atoms with van der Waals surface area (Å²) >= 11 is 0. The first kappa shape index (κ1) is 23.8. The maximum Gasteiger partial charge on any atom is 0.407 e. The van der Waals surface area contributed by atoms with Crippen molar-refractivity contribution in [1.82, 2.24) is 10.2 Å². The molecule has 2 aromatic rings. The number of nitrogens with zero attached hydrogens (tertiary/aromatic N) is 1. The van der Waals surface area contributed by atoms with E-state index in [4.69, 9.17) is 4.74 Å². The summed E-state index contributed by atoms with van der Waals surface area (Å²) < 4.78 is 5.57. The third kappa shape index (κ3) is 4.52. The second-order valence-electron chi connectivity index (χ2n) is 9.41. The van der Waals surface area contributed by atoms with Gasteiger partial charge in [-0.2, -0.15) is 0 Å². The van der Waals surface area contributed by atoms with Crippen LogP contribution in [0.3, 0.4) is 0 Å². The summed E-state index contributed by atoms with van der Waals surface area (Å²) in [6, 6.07) is 16.0. The molecule has 1 fully saturated rings. The molecule has 2 N–H and O–H groups in total. The smallest absolute Gasteiger partial charge is 0.407 e. The van der Waals surface area contributed by atoms with Crippen LogP contribution in [0.4, 0.5) is 4.79 Å². The third-order valence-corrected chi connectivity index (χ3v) is 7.34. The molecular weight excluding hydrogens is 432 g/mol. The minimum Gasteiger partial charge on any atom is -0.479 e. The Morgan fingerprint density at radius 3 is 2.18 bits per heavy atom. The highest BCUT2D eigenvalue weighted by molar-refractivity contribution is 5.87. The van der Waals surface area contributed by atoms with Crippen molar-refractivity contribution in [3.63, 3.8) is 0 Å². The van der Waals surface area contributed by atoms with Gasteiger partial charge in [0.25, 0.3) is 0 Å². The minimum atomic E-state index is -1.10. The lowest BCUT2D eigenvalue weighted by Crippen LogP contribution is -2.53. The molecule has 2 amide bonds. The standard InChI is InChI=1S/C27H32N2O5/c1-18(13-14-24(30)29(2)27(25(31)32)15-7-8-16-27)28-26(33)34-17-23-21-11-5-3-9-19(21)20-10-4-6-12-22(20)23/h3-6,9-12,18,23H,7-8,13-17H2,1-2H3,(H,28,33)(H,31,32). The molecule has 2 aliphatic carbocycles. The molecule has 180 valence electrons. The van der Waals surface area contributed by atoms with E-state index in [1.54, 1.807) is 7.05 Å². The molecular formula is C27H32N2O5. The van der Waals surface area contributed by atoms with Crippen LogP contribution in [-0.2, 0) is 14.3 Å². The molecule has 7 heteroatoms. The van der Waals surface area contributed by atoms with Crippen molar-refractivity contribution >= 4 is 18.0 Å². The average Bonchev–Trinajstić information content (AvgIpc) is 3.45. The Labute approximate surface area is 200 Å². The van der Waals surface area contributed by atoms with Crippen molar-refractivity contribution in [3.8, 4) is 11.1 Å². The molecule has 0 aliphatic heterocycles. The molecule has 2 aliphatic rings. The van der Waals surface area contributed by atoms with E-state index in [9.17, 15) is 19.5 Å². The van der Waals surface area contributed by atoms with E-state index in [1.807, 2.05) is 31.2 Å². The molecule has 34 heavy (non-hydrogen) atoms. The van der Waals surface area contributed by atoms with E-state index < -0.39 is 17.6 Å². The lowest BCUT2D eigenvalue weighted by Gasteiger charge is -2.35. The quantitative estimate of drug-likeness (QED) is 0.598. The molecule has 1 atom stereocenters. The molecule has 1 unspecified atom stereocenters. The number of amides is 2. The Hall–Kier alpha value is -3.35. The van der Waals surface area contributed by atoms with Crippen LogP contribution < -0.4 is 5.32 Å². The normalized spacial score (nSPS) is 16.9. The predicted molar refractivity (Wildman–Crippen MR) is 129 cm³/mol. The zero-order chi connectivity index (χ0) is 24.3. The van der Waals surface area contributed by atoms with Gasteiger partial charge < -0.3 is 20.1 Å². The van der Waals surface area contributed by atoms with Gasteiger partial charge >= 0.3 is 12.1 Å². The van der Waals surface area contributed by atoms with Crippen LogP contribution in [0, 0.1) is 0 Å². The fourth-order valence-electron chi connectivity index (χ4n) is 5.31. The number of fused-ring (bicyclic) bond motifs is 3. The van der Waals surface area contributed by atoms with Gasteiger partial charge in [0, 0.05) is 25.4 Å². The Morgan fingerprint density at radius 1 is 1.06 bits per heavy atom. The van der Waals surface area contributed by atoms with E-state index in [0.29, 0.717) is 19.3 Å². The molecule has 1 saturated carbocycles. The fourth-order valence-corrected chi connectivity index (χ4v) is 5.31. The third-order valence-electron chi connectivity index (χ3n) is 7.34. The van der Waals surface area contributed by atoms with Gasteiger partial charge in [-0.25, -0.2) is 9.59 Å². The number of carbonyl (C=O) groups is 3. The van der Waals surface area contributed by atoms with Crippen molar-refractivity contribution in [2.45, 2.75) is 62.9 Å². The number of hydrogen-bond acceptors (Lipinski definition) is 4. The zero-order valence-electron chi connectivity index (χ0n) is 19.8. The SMILES string of the molecule is CC(CCC(=O)N(C)C1(C(=O)O)CCCC1)NC(=O)OCC1c2ccccc2-c2ccccc21. The van der Waals surface area contributed by atoms with E-state index >= 15 is 0 Å². The van der Waals surface area contributed by atoms with Crippen molar-refractivity contribution in [2.75, 3.05) is 13.7 Å². The van der Waals surface area contributed by atoms with E-state index in [1.165, 1.54) is 16.0 Å². The fraction of sp³-hybridized carbons (Fsp3) is 0.444. The van der Waals surface area contributed by atoms with Crippen molar-refractivity contribution < 1.29 is 24.2 Å². The van der Waals surface area contributed by atoms with Crippen LogP contribution in [0.2, 0.25) is 0 Å². The number of alkyl carbamates (subject to hydrolysis) is 1. The summed E-state index contributed by atoms with van der Waals surface area (Å²) in [5, 5.41) is 12.5. The Bertz CT molecular complexity index is 1030. The second-order valence-corrected chi connectivity index (χ2v) is 9.41. The van der Waals surface area contributed by atoms with Crippen LogP contribution in [-0.4, -0.2) is 53.2 Å². The van der Waals surface area contributed by atoms with Gasteiger partial charge in [-0.1, -0.05) is 61.4 Å². The molecule has 0 bridgehead atoms. The Kier molecular flexibility index (Phi) is 6.91. The van der Waals surface area contributed by atoms with E-state index in [2.05, 4.69) is 29.6 Å². The molecule has 0 heterocycles. The summed E-state index contributed by atoms with van der Waals surface area (Å²) in [5.74, 6) is -1.17. The predicted octanol–water partition coefficient (Wildman–Crippen LogP) is 4.55. The monoisotopic (exact) mass is 464 g/mol. The minimum absolute atomic E-state index is 0.0118. The van der Waals surface area contributed by atoms with Gasteiger partial charge in [-0.3, -0.25) is 4.79 Å². The number of hydrogen-bond donors (Lipinski definition) is 2. The van der Waals surface area contributed by atoms with Crippen LogP contribution in [0.5, 0.6) is 0 Å². The summed E-state index contributed by atoms with van der Waals surface area (Å²) in [6.45, 7) is 2.05. The summed E-state index contributed by atoms with van der Waals surface area (Å²) in [5.41, 5.74) is 3.55. The zero-order valence-corrected chi connectivity index (χ0v) is 19.8. The average molecular weight is 465 g/mol. The number of nitrogens with one attached hydrogen (secondary N) is 1. The van der Waals surface area contributed by atoms with Gasteiger partial charge in [-0.05, 0) is 48.4 Å². The number of carboxylic acids is 1. The summed E-state index contributed by atoms with van der Waals surface area (Å²) in [6.07, 6.45) is 2.64. The Morgan fingerprint density at radius 2 is 1.62 bits per heavy atom. The van der Waals surface area contributed by atoms with Crippen LogP contribution in [0.1, 0.15) is 62.5 Å². The lowest BCUT2D eigenvalue weighted by atomic mass is 9.95. The molecule has 0 radical (unpaired) electrons. The molecule has 0 aromatic heterocycles. The first-order valence-electron chi connectivity index (χ1n) is 11.9. The highest BCUT2D eigenvalue weighted by Crippen LogP contribution is 2.44. The van der Waals surface area contributed by atoms with E-state index in [-0.39, 0.29) is 30.9 Å². The molecule has 4 rings (SSSR count). The van der Waals surface area contributed by atoms with Crippen LogP contribution >= 0.6 is 0 Å². The number of ether oxygens (including phenoxy) is 1. The highest BCUT2D eigenvalue weighted by atomic mass is 16.5. The van der Waals surface area contributed by atoms with Crippen LogP contribution in [0.15, 0.2) is 48.5 Å². The maximum atomic E-state index is 12.7. The number of benzene rings is 2. The molecule has 7 nitrogen and oxygen atoms in total. The number of aliphatic carboxylic acids is 1. The van der Waals surface area contributed by atoms with E-state index in [0.717, 1.165) is 24.0 Å². The maximum absolute atomic E-state index is 12.7. The van der Waals surface area contributed by atoms with Crippen molar-refractivity contribution in [1.29, 1.82) is 0 Å². The van der Waals surface area contributed by atoms with Gasteiger partial charge in [-0.15, -0.1) is 0 Å². The van der Waals surface area contributed by atoms with Crippen molar-refractivity contribution in [3.05, 3.63) is 59.7 Å². The van der Waals surface area contributed by atoms with Gasteiger partial charge in [0.15, 0.2) is 0 Å². The first-order chi connectivity index (χ1) is 16.3. The number of likely N-dealkylation sites (N-methyl/N-ethyl adjacent to an activating group) is 1. The summed E-state index contributed by atoms with van der Waals surface area (Å²) in [7, 11) is 1.57. The molecule has 0 saturated heterocycles. The van der Waals surface area contributed by atoms with Crippen LogP contribution in [0.25, 0.3) is 11.1 Å². The van der Waals surface area contributed by atoms with Gasteiger partial charge in [0.2, 0.25) is 5.91 Å². The topological polar surface area (TPSA) is 95.9 Å². The first-order valence-corrected chi connectivity index (χ1v) is 11.9. The number of rotatable bonds is 8. The number of carbonyl (C=O) groups excluding carboxylic acids is 2. The van der Waals surface area contributed by atoms with Gasteiger partial charge in [0.1, 0.15) is 12.1 Å². The highest BCUT2D eigenvalue weighted by Gasteiger charge is 2.46. The number of carboxylic acid groups (broad SMARTS) is 1. The van der Waals surface area contributed by atoms with Crippen molar-refractivity contribution in [2.24, 2.45) is 0 Å². The lowest BCUT2D eigenvalue weighted by molar-refractivity contribution is -0.157. The largest absolute Gasteiger partial charge is 0.479 e. The molecule has 0 spiro atoms. The Balaban J connectivity index is 1.28. The van der Waals surface area contributed by atoms with Gasteiger partial charge in [0.05, 0.1) is 0 Å². The second kappa shape index (κ2) is 9.87.